The van der Waals surface area contributed by atoms with Gasteiger partial charge in [-0.1, -0.05) is 0 Å². The largest absolute Gasteiger partial charge is 0.468 e. The number of hydrogen-bond acceptors (Lipinski definition) is 5. The summed E-state index contributed by atoms with van der Waals surface area (Å²) >= 11 is 0. The van der Waals surface area contributed by atoms with Crippen LogP contribution in [0.15, 0.2) is 33.7 Å². The SMILES string of the molecule is Cc1cc(=O)[nH]c(CNC(=O)C2CCCN(Cc3ccco3)C2)n1. The fourth-order valence-electron chi connectivity index (χ4n) is 3.08. The Labute approximate surface area is 140 Å². The summed E-state index contributed by atoms with van der Waals surface area (Å²) in [6.45, 7) is 4.41. The predicted octanol–water partition coefficient (Wildman–Crippen LogP) is 1.20. The first kappa shape index (κ1) is 16.4. The van der Waals surface area contributed by atoms with Crippen LogP contribution in [0.1, 0.15) is 30.1 Å². The van der Waals surface area contributed by atoms with Crippen molar-refractivity contribution in [2.45, 2.75) is 32.9 Å². The van der Waals surface area contributed by atoms with Gasteiger partial charge in [0.2, 0.25) is 5.91 Å². The molecule has 3 rings (SSSR count). The number of carbonyl (C=O) groups excluding carboxylic acids is 1. The number of aryl methyl sites for hydroxylation is 1. The summed E-state index contributed by atoms with van der Waals surface area (Å²) in [7, 11) is 0. The first-order valence-corrected chi connectivity index (χ1v) is 8.19. The van der Waals surface area contributed by atoms with E-state index in [1.807, 2.05) is 12.1 Å². The van der Waals surface area contributed by atoms with Gasteiger partial charge in [0.05, 0.1) is 25.3 Å². The number of aromatic nitrogens is 2. The van der Waals surface area contributed by atoms with Gasteiger partial charge in [0.25, 0.3) is 5.56 Å². The Hall–Kier alpha value is -2.41. The minimum absolute atomic E-state index is 0.00306. The smallest absolute Gasteiger partial charge is 0.251 e. The van der Waals surface area contributed by atoms with Gasteiger partial charge in [0.15, 0.2) is 0 Å². The second-order valence-corrected chi connectivity index (χ2v) is 6.20. The zero-order valence-electron chi connectivity index (χ0n) is 13.7. The van der Waals surface area contributed by atoms with E-state index in [0.29, 0.717) is 18.1 Å². The summed E-state index contributed by atoms with van der Waals surface area (Å²) in [6.07, 6.45) is 3.52. The van der Waals surface area contributed by atoms with E-state index in [9.17, 15) is 9.59 Å². The molecule has 3 heterocycles. The Morgan fingerprint density at radius 2 is 2.42 bits per heavy atom. The van der Waals surface area contributed by atoms with E-state index in [1.165, 1.54) is 6.07 Å². The van der Waals surface area contributed by atoms with Crippen LogP contribution in [0.2, 0.25) is 0 Å². The molecule has 1 aliphatic rings. The van der Waals surface area contributed by atoms with E-state index in [0.717, 1.165) is 31.7 Å². The molecule has 2 aromatic rings. The summed E-state index contributed by atoms with van der Waals surface area (Å²) in [5, 5.41) is 2.88. The molecule has 7 nitrogen and oxygen atoms in total. The van der Waals surface area contributed by atoms with Gasteiger partial charge >= 0.3 is 0 Å². The van der Waals surface area contributed by atoms with Crippen LogP contribution in [0, 0.1) is 12.8 Å². The van der Waals surface area contributed by atoms with Crippen molar-refractivity contribution in [2.24, 2.45) is 5.92 Å². The van der Waals surface area contributed by atoms with Crippen molar-refractivity contribution >= 4 is 5.91 Å². The van der Waals surface area contributed by atoms with Crippen LogP contribution in [0.4, 0.5) is 0 Å². The molecule has 1 amide bonds. The van der Waals surface area contributed by atoms with Crippen molar-refractivity contribution in [3.8, 4) is 0 Å². The molecule has 2 N–H and O–H groups in total. The molecule has 0 radical (unpaired) electrons. The van der Waals surface area contributed by atoms with Gasteiger partial charge in [-0.3, -0.25) is 14.5 Å². The molecule has 7 heteroatoms. The molecule has 128 valence electrons. The maximum atomic E-state index is 12.4. The normalized spacial score (nSPS) is 18.5. The van der Waals surface area contributed by atoms with Crippen LogP contribution in [0.3, 0.4) is 0 Å². The fourth-order valence-corrected chi connectivity index (χ4v) is 3.08. The minimum atomic E-state index is -0.200. The van der Waals surface area contributed by atoms with E-state index >= 15 is 0 Å². The number of nitrogens with one attached hydrogen (secondary N) is 2. The van der Waals surface area contributed by atoms with Crippen LogP contribution >= 0.6 is 0 Å². The van der Waals surface area contributed by atoms with E-state index in [2.05, 4.69) is 20.2 Å². The fraction of sp³-hybridized carbons (Fsp3) is 0.471. The monoisotopic (exact) mass is 330 g/mol. The number of rotatable bonds is 5. The van der Waals surface area contributed by atoms with Gasteiger partial charge in [-0.15, -0.1) is 0 Å². The molecule has 24 heavy (non-hydrogen) atoms. The Morgan fingerprint density at radius 3 is 3.17 bits per heavy atom. The lowest BCUT2D eigenvalue weighted by Gasteiger charge is -2.31. The number of furan rings is 1. The number of piperidine rings is 1. The third-order valence-corrected chi connectivity index (χ3v) is 4.18. The zero-order valence-corrected chi connectivity index (χ0v) is 13.7. The van der Waals surface area contributed by atoms with Crippen molar-refractivity contribution in [3.63, 3.8) is 0 Å². The third kappa shape index (κ3) is 4.32. The molecule has 0 bridgehead atoms. The Bertz CT molecular complexity index is 739. The van der Waals surface area contributed by atoms with Crippen LogP contribution < -0.4 is 10.9 Å². The Balaban J connectivity index is 1.53. The number of aromatic amines is 1. The molecule has 2 aromatic heterocycles. The second kappa shape index (κ2) is 7.44. The molecule has 0 spiro atoms. The summed E-state index contributed by atoms with van der Waals surface area (Å²) in [6, 6.07) is 5.25. The highest BCUT2D eigenvalue weighted by Gasteiger charge is 2.26. The van der Waals surface area contributed by atoms with Crippen molar-refractivity contribution in [3.05, 3.63) is 52.1 Å². The molecule has 0 saturated carbocycles. The third-order valence-electron chi connectivity index (χ3n) is 4.18. The number of hydrogen-bond donors (Lipinski definition) is 2. The highest BCUT2D eigenvalue weighted by Crippen LogP contribution is 2.19. The second-order valence-electron chi connectivity index (χ2n) is 6.20. The number of likely N-dealkylation sites (tertiary alicyclic amines) is 1. The van der Waals surface area contributed by atoms with Gasteiger partial charge in [0, 0.05) is 18.3 Å². The van der Waals surface area contributed by atoms with E-state index in [4.69, 9.17) is 4.42 Å². The lowest BCUT2D eigenvalue weighted by molar-refractivity contribution is -0.127. The maximum absolute atomic E-state index is 12.4. The van der Waals surface area contributed by atoms with Crippen LogP contribution in [-0.4, -0.2) is 33.9 Å². The van der Waals surface area contributed by atoms with E-state index < -0.39 is 0 Å². The van der Waals surface area contributed by atoms with Gasteiger partial charge in [0.1, 0.15) is 11.6 Å². The summed E-state index contributed by atoms with van der Waals surface area (Å²) < 4.78 is 5.38. The van der Waals surface area contributed by atoms with Crippen molar-refractivity contribution in [2.75, 3.05) is 13.1 Å². The summed E-state index contributed by atoms with van der Waals surface area (Å²) in [4.78, 5) is 32.9. The van der Waals surface area contributed by atoms with Crippen LogP contribution in [0.5, 0.6) is 0 Å². The first-order chi connectivity index (χ1) is 11.6. The summed E-state index contributed by atoms with van der Waals surface area (Å²) in [5.41, 5.74) is 0.444. The number of amides is 1. The molecule has 1 unspecified atom stereocenters. The molecule has 1 saturated heterocycles. The minimum Gasteiger partial charge on any atom is -0.468 e. The lowest BCUT2D eigenvalue weighted by Crippen LogP contribution is -2.42. The highest BCUT2D eigenvalue weighted by atomic mass is 16.3. The molecule has 0 aliphatic carbocycles. The topological polar surface area (TPSA) is 91.2 Å². The first-order valence-electron chi connectivity index (χ1n) is 8.19. The Morgan fingerprint density at radius 1 is 1.54 bits per heavy atom. The van der Waals surface area contributed by atoms with Crippen molar-refractivity contribution in [1.82, 2.24) is 20.2 Å². The van der Waals surface area contributed by atoms with E-state index in [1.54, 1.807) is 13.2 Å². The number of carbonyl (C=O) groups is 1. The van der Waals surface area contributed by atoms with Crippen LogP contribution in [-0.2, 0) is 17.9 Å². The average Bonchev–Trinajstić information content (AvgIpc) is 3.05. The van der Waals surface area contributed by atoms with Gasteiger partial charge < -0.3 is 14.7 Å². The number of nitrogens with zero attached hydrogens (tertiary/aromatic N) is 2. The van der Waals surface area contributed by atoms with E-state index in [-0.39, 0.29) is 23.9 Å². The highest BCUT2D eigenvalue weighted by molar-refractivity contribution is 5.78. The predicted molar refractivity (Wildman–Crippen MR) is 88.2 cm³/mol. The van der Waals surface area contributed by atoms with Crippen LogP contribution in [0.25, 0.3) is 0 Å². The average molecular weight is 330 g/mol. The quantitative estimate of drug-likeness (QED) is 0.859. The molecular weight excluding hydrogens is 308 g/mol. The van der Waals surface area contributed by atoms with Gasteiger partial charge in [-0.25, -0.2) is 4.98 Å². The standard InChI is InChI=1S/C17H22N4O3/c1-12-8-16(22)20-15(19-12)9-18-17(23)13-4-2-6-21(10-13)11-14-5-3-7-24-14/h3,5,7-8,13H,2,4,6,9-11H2,1H3,(H,18,23)(H,19,20,22). The molecule has 1 atom stereocenters. The molecule has 0 aromatic carbocycles. The summed E-state index contributed by atoms with van der Waals surface area (Å²) in [5.74, 6) is 1.35. The van der Waals surface area contributed by atoms with Crippen molar-refractivity contribution in [1.29, 1.82) is 0 Å². The molecule has 1 fully saturated rings. The molecule has 1 aliphatic heterocycles. The molecular formula is C17H22N4O3. The Kier molecular flexibility index (Phi) is 5.10. The van der Waals surface area contributed by atoms with Gasteiger partial charge in [-0.05, 0) is 38.4 Å². The van der Waals surface area contributed by atoms with Gasteiger partial charge in [-0.2, -0.15) is 0 Å². The van der Waals surface area contributed by atoms with Crippen molar-refractivity contribution < 1.29 is 9.21 Å². The maximum Gasteiger partial charge on any atom is 0.251 e. The number of H-pyrrole nitrogens is 1. The lowest BCUT2D eigenvalue weighted by atomic mass is 9.97. The zero-order chi connectivity index (χ0) is 16.9.